The van der Waals surface area contributed by atoms with Crippen LogP contribution in [0.4, 0.5) is 5.82 Å². The van der Waals surface area contributed by atoms with Crippen LogP contribution in [-0.2, 0) is 17.9 Å². The van der Waals surface area contributed by atoms with Gasteiger partial charge in [0.25, 0.3) is 11.5 Å². The lowest BCUT2D eigenvalue weighted by atomic mass is 10.1. The number of aliphatic carboxylic acids is 1. The lowest BCUT2D eigenvalue weighted by Crippen LogP contribution is -2.25. The number of nitriles is 1. The monoisotopic (exact) mass is 519 g/mol. The zero-order chi connectivity index (χ0) is 25.8. The van der Waals surface area contributed by atoms with Gasteiger partial charge in [-0.25, -0.2) is 0 Å². The second-order valence-electron chi connectivity index (χ2n) is 7.48. The number of hydrogen-bond acceptors (Lipinski definition) is 7. The molecular weight excluding hydrogens is 502 g/mol. The van der Waals surface area contributed by atoms with Gasteiger partial charge in [-0.2, -0.15) is 15.0 Å². The molecule has 4 aromatic rings. The zero-order valence-electron chi connectivity index (χ0n) is 18.6. The van der Waals surface area contributed by atoms with E-state index < -0.39 is 24.0 Å². The second kappa shape index (κ2) is 10.4. The van der Waals surface area contributed by atoms with Gasteiger partial charge in [-0.3, -0.25) is 19.0 Å². The quantitative estimate of drug-likeness (QED) is 0.354. The van der Waals surface area contributed by atoms with Crippen molar-refractivity contribution in [3.05, 3.63) is 97.6 Å². The van der Waals surface area contributed by atoms with Crippen LogP contribution in [0.2, 0.25) is 4.34 Å². The maximum absolute atomic E-state index is 13.4. The third kappa shape index (κ3) is 4.84. The van der Waals surface area contributed by atoms with Crippen LogP contribution in [0.3, 0.4) is 0 Å². The largest absolute Gasteiger partial charge is 0.480 e. The van der Waals surface area contributed by atoms with Crippen molar-refractivity contribution in [1.82, 2.24) is 14.3 Å². The molecule has 1 aromatic carbocycles. The van der Waals surface area contributed by atoms with Crippen LogP contribution in [0.15, 0.2) is 66.0 Å². The first-order valence-electron chi connectivity index (χ1n) is 10.5. The summed E-state index contributed by atoms with van der Waals surface area (Å²) in [6.45, 7) is 3.37. The van der Waals surface area contributed by atoms with E-state index in [1.807, 2.05) is 6.07 Å². The number of aromatic nitrogens is 3. The highest BCUT2D eigenvalue weighted by molar-refractivity contribution is 7.16. The Kier molecular flexibility index (Phi) is 7.15. The van der Waals surface area contributed by atoms with Crippen LogP contribution in [0, 0.1) is 11.3 Å². The van der Waals surface area contributed by atoms with Crippen molar-refractivity contribution in [2.75, 3.05) is 5.32 Å². The Hall–Kier alpha value is -4.46. The summed E-state index contributed by atoms with van der Waals surface area (Å²) >= 11 is 7.38. The Labute approximate surface area is 214 Å². The van der Waals surface area contributed by atoms with Gasteiger partial charge in [0.15, 0.2) is 5.82 Å². The summed E-state index contributed by atoms with van der Waals surface area (Å²) in [7, 11) is 0. The fourth-order valence-corrected chi connectivity index (χ4v) is 4.68. The predicted octanol–water partition coefficient (Wildman–Crippen LogP) is 4.33. The summed E-state index contributed by atoms with van der Waals surface area (Å²) in [5, 5.41) is 26.9. The number of carbonyl (C=O) groups is 2. The second-order valence-corrected chi connectivity index (χ2v) is 9.28. The molecule has 0 aliphatic rings. The van der Waals surface area contributed by atoms with Gasteiger partial charge < -0.3 is 10.4 Å². The number of halogens is 1. The number of benzene rings is 1. The molecule has 3 aromatic heterocycles. The number of carbonyl (C=O) groups excluding carboxylic acids is 1. The maximum Gasteiger partial charge on any atom is 0.323 e. The molecule has 11 heteroatoms. The topological polar surface area (TPSA) is 130 Å². The number of anilines is 1. The van der Waals surface area contributed by atoms with Gasteiger partial charge in [0.1, 0.15) is 23.9 Å². The molecule has 0 saturated heterocycles. The first kappa shape index (κ1) is 24.7. The van der Waals surface area contributed by atoms with Gasteiger partial charge in [-0.1, -0.05) is 36.4 Å². The van der Waals surface area contributed by atoms with Crippen LogP contribution in [0.25, 0.3) is 17.3 Å². The first-order valence-corrected chi connectivity index (χ1v) is 11.7. The van der Waals surface area contributed by atoms with Gasteiger partial charge in [0, 0.05) is 22.1 Å². The fourth-order valence-electron chi connectivity index (χ4n) is 3.66. The van der Waals surface area contributed by atoms with E-state index >= 15 is 0 Å². The molecule has 0 atom stereocenters. The number of carboxylic acid groups (broad SMARTS) is 1. The van der Waals surface area contributed by atoms with Crippen LogP contribution in [-0.4, -0.2) is 31.3 Å². The minimum Gasteiger partial charge on any atom is -0.480 e. The standard InChI is InChI=1S/C25H18ClN5O4S/c1-2-19-17(9-11-21(32)30(19)14-22(33)34)23-18(12-27)24(28-13-16-8-10-20(26)36-16)31(29-23)25(35)15-6-4-3-5-7-15/h2-11,28H,1,13-14H2,(H,33,34). The summed E-state index contributed by atoms with van der Waals surface area (Å²) < 4.78 is 2.71. The SMILES string of the molecule is C=Cc1c(-c2nn(C(=O)c3ccccc3)c(NCc3ccc(Cl)s3)c2C#N)ccc(=O)n1CC(=O)O. The number of nitrogens with one attached hydrogen (secondary N) is 1. The van der Waals surface area contributed by atoms with E-state index in [1.165, 1.54) is 29.5 Å². The number of thiophene rings is 1. The van der Waals surface area contributed by atoms with Gasteiger partial charge in [-0.15, -0.1) is 11.3 Å². The summed E-state index contributed by atoms with van der Waals surface area (Å²) in [6, 6.07) is 16.7. The molecule has 0 aliphatic heterocycles. The van der Waals surface area contributed by atoms with Gasteiger partial charge >= 0.3 is 5.97 Å². The van der Waals surface area contributed by atoms with Crippen molar-refractivity contribution in [2.24, 2.45) is 0 Å². The van der Waals surface area contributed by atoms with Crippen molar-refractivity contribution in [3.63, 3.8) is 0 Å². The smallest absolute Gasteiger partial charge is 0.323 e. The number of hydrogen-bond donors (Lipinski definition) is 2. The van der Waals surface area contributed by atoms with Crippen molar-refractivity contribution in [2.45, 2.75) is 13.1 Å². The van der Waals surface area contributed by atoms with Crippen LogP contribution in [0.5, 0.6) is 0 Å². The number of rotatable bonds is 8. The highest BCUT2D eigenvalue weighted by Crippen LogP contribution is 2.32. The van der Waals surface area contributed by atoms with E-state index in [9.17, 15) is 24.8 Å². The molecule has 0 bridgehead atoms. The van der Waals surface area contributed by atoms with Crippen molar-refractivity contribution in [3.8, 4) is 17.3 Å². The van der Waals surface area contributed by atoms with Gasteiger partial charge in [0.2, 0.25) is 0 Å². The summed E-state index contributed by atoms with van der Waals surface area (Å²) in [4.78, 5) is 38.0. The van der Waals surface area contributed by atoms with Crippen LogP contribution in [0.1, 0.15) is 26.5 Å². The van der Waals surface area contributed by atoms with Crippen LogP contribution >= 0.6 is 22.9 Å². The van der Waals surface area contributed by atoms with E-state index in [0.717, 1.165) is 14.1 Å². The van der Waals surface area contributed by atoms with Crippen molar-refractivity contribution < 1.29 is 14.7 Å². The normalized spacial score (nSPS) is 10.6. The third-order valence-corrected chi connectivity index (χ3v) is 6.47. The maximum atomic E-state index is 13.4. The number of nitrogens with zero attached hydrogens (tertiary/aromatic N) is 4. The fraction of sp³-hybridized carbons (Fsp3) is 0.0800. The Balaban J connectivity index is 1.91. The van der Waals surface area contributed by atoms with Crippen molar-refractivity contribution >= 4 is 46.7 Å². The highest BCUT2D eigenvalue weighted by atomic mass is 35.5. The molecule has 3 heterocycles. The van der Waals surface area contributed by atoms with E-state index in [-0.39, 0.29) is 34.9 Å². The zero-order valence-corrected chi connectivity index (χ0v) is 20.2. The van der Waals surface area contributed by atoms with Crippen LogP contribution < -0.4 is 10.9 Å². The lowest BCUT2D eigenvalue weighted by Gasteiger charge is -2.11. The molecule has 0 unspecified atom stereocenters. The minimum absolute atomic E-state index is 0.0468. The molecule has 36 heavy (non-hydrogen) atoms. The Bertz CT molecular complexity index is 1580. The van der Waals surface area contributed by atoms with Gasteiger partial charge in [0.05, 0.1) is 16.6 Å². The van der Waals surface area contributed by atoms with E-state index in [1.54, 1.807) is 36.4 Å². The molecule has 0 spiro atoms. The minimum atomic E-state index is -1.22. The average molecular weight is 520 g/mol. The predicted molar refractivity (Wildman–Crippen MR) is 137 cm³/mol. The van der Waals surface area contributed by atoms with E-state index in [2.05, 4.69) is 23.1 Å². The van der Waals surface area contributed by atoms with Gasteiger partial charge in [-0.05, 0) is 36.4 Å². The molecule has 0 aliphatic carbocycles. The lowest BCUT2D eigenvalue weighted by molar-refractivity contribution is -0.137. The molecule has 0 amide bonds. The highest BCUT2D eigenvalue weighted by Gasteiger charge is 2.26. The number of pyridine rings is 1. The van der Waals surface area contributed by atoms with E-state index in [0.29, 0.717) is 9.90 Å². The summed E-state index contributed by atoms with van der Waals surface area (Å²) in [5.74, 6) is -1.56. The third-order valence-electron chi connectivity index (χ3n) is 5.24. The molecular formula is C25H18ClN5O4S. The molecule has 2 N–H and O–H groups in total. The number of carboxylic acids is 1. The van der Waals surface area contributed by atoms with Crippen molar-refractivity contribution in [1.29, 1.82) is 5.26 Å². The molecule has 0 saturated carbocycles. The Morgan fingerprint density at radius 2 is 1.94 bits per heavy atom. The molecule has 0 radical (unpaired) electrons. The average Bonchev–Trinajstić information content (AvgIpc) is 3.46. The Morgan fingerprint density at radius 1 is 1.19 bits per heavy atom. The summed E-state index contributed by atoms with van der Waals surface area (Å²) in [6.07, 6.45) is 1.32. The summed E-state index contributed by atoms with van der Waals surface area (Å²) in [5.41, 5.74) is 0.382. The molecule has 9 nitrogen and oxygen atoms in total. The Morgan fingerprint density at radius 3 is 2.56 bits per heavy atom. The molecule has 0 fully saturated rings. The van der Waals surface area contributed by atoms with E-state index in [4.69, 9.17) is 11.6 Å². The molecule has 180 valence electrons. The first-order chi connectivity index (χ1) is 17.3. The molecule has 4 rings (SSSR count).